The molecule has 2 aromatic rings. The summed E-state index contributed by atoms with van der Waals surface area (Å²) in [6.45, 7) is 2.08. The van der Waals surface area contributed by atoms with E-state index in [2.05, 4.69) is 22.4 Å². The topological polar surface area (TPSA) is 60.2 Å². The van der Waals surface area contributed by atoms with Gasteiger partial charge in [0.15, 0.2) is 5.82 Å². The van der Waals surface area contributed by atoms with Gasteiger partial charge in [0.05, 0.1) is 7.11 Å². The summed E-state index contributed by atoms with van der Waals surface area (Å²) in [5.74, 6) is 1.79. The highest BCUT2D eigenvalue weighted by molar-refractivity contribution is 5.28. The molecule has 0 spiro atoms. The molecule has 0 aliphatic carbocycles. The quantitative estimate of drug-likeness (QED) is 0.879. The van der Waals surface area contributed by atoms with Crippen molar-refractivity contribution < 1.29 is 9.26 Å². The van der Waals surface area contributed by atoms with E-state index in [1.165, 1.54) is 5.56 Å². The van der Waals surface area contributed by atoms with Crippen LogP contribution in [-0.2, 0) is 6.42 Å². The lowest BCUT2D eigenvalue weighted by molar-refractivity contribution is 0.414. The van der Waals surface area contributed by atoms with Gasteiger partial charge in [0.25, 0.3) is 0 Å². The minimum absolute atomic E-state index is 0.212. The molecule has 0 saturated heterocycles. The molecule has 1 aromatic carbocycles. The fourth-order valence-corrected chi connectivity index (χ4v) is 1.74. The summed E-state index contributed by atoms with van der Waals surface area (Å²) in [6.07, 6.45) is 0.868. The third-order valence-electron chi connectivity index (χ3n) is 2.80. The smallest absolute Gasteiger partial charge is 0.321 e. The fraction of sp³-hybridized carbons (Fsp3) is 0.385. The summed E-state index contributed by atoms with van der Waals surface area (Å²) in [4.78, 5) is 4.24. The van der Waals surface area contributed by atoms with Gasteiger partial charge in [-0.05, 0) is 24.1 Å². The lowest BCUT2D eigenvalue weighted by Gasteiger charge is -2.07. The maximum atomic E-state index is 5.13. The number of nitrogens with one attached hydrogen (secondary N) is 1. The van der Waals surface area contributed by atoms with Crippen molar-refractivity contribution in [2.24, 2.45) is 0 Å². The van der Waals surface area contributed by atoms with Gasteiger partial charge in [0.1, 0.15) is 5.75 Å². The lowest BCUT2D eigenvalue weighted by Crippen LogP contribution is -2.01. The first-order valence-corrected chi connectivity index (χ1v) is 5.87. The SMILES string of the molecule is CNc1nc([C@@H](C)Cc2ccc(OC)cc2)no1. The molecular weight excluding hydrogens is 230 g/mol. The molecule has 96 valence electrons. The van der Waals surface area contributed by atoms with Crippen LogP contribution in [0.5, 0.6) is 5.75 Å². The van der Waals surface area contributed by atoms with E-state index < -0.39 is 0 Å². The van der Waals surface area contributed by atoms with Crippen LogP contribution >= 0.6 is 0 Å². The molecule has 0 amide bonds. The van der Waals surface area contributed by atoms with Crippen molar-refractivity contribution in [3.8, 4) is 5.75 Å². The van der Waals surface area contributed by atoms with E-state index in [-0.39, 0.29) is 5.92 Å². The maximum Gasteiger partial charge on any atom is 0.321 e. The second kappa shape index (κ2) is 5.53. The highest BCUT2D eigenvalue weighted by Crippen LogP contribution is 2.20. The van der Waals surface area contributed by atoms with Gasteiger partial charge < -0.3 is 14.6 Å². The largest absolute Gasteiger partial charge is 0.497 e. The lowest BCUT2D eigenvalue weighted by atomic mass is 10.0. The summed E-state index contributed by atoms with van der Waals surface area (Å²) in [5.41, 5.74) is 1.22. The van der Waals surface area contributed by atoms with Gasteiger partial charge in [-0.2, -0.15) is 4.98 Å². The molecule has 2 rings (SSSR count). The molecular formula is C13H17N3O2. The van der Waals surface area contributed by atoms with Gasteiger partial charge in [0.2, 0.25) is 0 Å². The highest BCUT2D eigenvalue weighted by atomic mass is 16.5. The van der Waals surface area contributed by atoms with Crippen molar-refractivity contribution >= 4 is 6.01 Å². The normalized spacial score (nSPS) is 12.2. The maximum absolute atomic E-state index is 5.13. The number of benzene rings is 1. The predicted molar refractivity (Wildman–Crippen MR) is 69.0 cm³/mol. The zero-order chi connectivity index (χ0) is 13.0. The standard InChI is InChI=1S/C13H17N3O2/c1-9(12-15-13(14-2)18-16-12)8-10-4-6-11(17-3)7-5-10/h4-7,9H,8H2,1-3H3,(H,14,15,16)/t9-/m0/s1. The molecule has 0 radical (unpaired) electrons. The van der Waals surface area contributed by atoms with Gasteiger partial charge in [0, 0.05) is 13.0 Å². The van der Waals surface area contributed by atoms with Crippen LogP contribution in [0.25, 0.3) is 0 Å². The minimum Gasteiger partial charge on any atom is -0.497 e. The molecule has 0 aliphatic rings. The number of rotatable bonds is 5. The van der Waals surface area contributed by atoms with Crippen molar-refractivity contribution in [2.75, 3.05) is 19.5 Å². The molecule has 0 saturated carbocycles. The number of aromatic nitrogens is 2. The van der Waals surface area contributed by atoms with Crippen LogP contribution in [0.4, 0.5) is 6.01 Å². The first-order valence-electron chi connectivity index (χ1n) is 5.87. The Bertz CT molecular complexity index is 493. The van der Waals surface area contributed by atoms with Crippen molar-refractivity contribution in [1.29, 1.82) is 0 Å². The van der Waals surface area contributed by atoms with Crippen LogP contribution in [0, 0.1) is 0 Å². The van der Waals surface area contributed by atoms with E-state index >= 15 is 0 Å². The van der Waals surface area contributed by atoms with Crippen molar-refractivity contribution in [3.63, 3.8) is 0 Å². The second-order valence-electron chi connectivity index (χ2n) is 4.16. The average Bonchev–Trinajstić information content (AvgIpc) is 2.88. The molecule has 5 nitrogen and oxygen atoms in total. The van der Waals surface area contributed by atoms with E-state index in [0.717, 1.165) is 18.0 Å². The number of nitrogens with zero attached hydrogens (tertiary/aromatic N) is 2. The summed E-state index contributed by atoms with van der Waals surface area (Å²) >= 11 is 0. The summed E-state index contributed by atoms with van der Waals surface area (Å²) < 4.78 is 10.1. The van der Waals surface area contributed by atoms with Crippen LogP contribution in [0.3, 0.4) is 0 Å². The van der Waals surface area contributed by atoms with Crippen molar-refractivity contribution in [2.45, 2.75) is 19.3 Å². The van der Waals surface area contributed by atoms with E-state index in [0.29, 0.717) is 6.01 Å². The Balaban J connectivity index is 2.03. The van der Waals surface area contributed by atoms with Gasteiger partial charge in [-0.3, -0.25) is 0 Å². The van der Waals surface area contributed by atoms with Crippen LogP contribution in [0.2, 0.25) is 0 Å². The van der Waals surface area contributed by atoms with Gasteiger partial charge in [-0.25, -0.2) is 0 Å². The number of methoxy groups -OCH3 is 1. The summed E-state index contributed by atoms with van der Waals surface area (Å²) in [5, 5.41) is 6.77. The van der Waals surface area contributed by atoms with Crippen LogP contribution in [-0.4, -0.2) is 24.3 Å². The fourth-order valence-electron chi connectivity index (χ4n) is 1.74. The Morgan fingerprint density at radius 2 is 2.06 bits per heavy atom. The molecule has 0 fully saturated rings. The number of hydrogen-bond acceptors (Lipinski definition) is 5. The summed E-state index contributed by atoms with van der Waals surface area (Å²) in [7, 11) is 3.42. The van der Waals surface area contributed by atoms with Crippen LogP contribution in [0.1, 0.15) is 24.2 Å². The van der Waals surface area contributed by atoms with Crippen molar-refractivity contribution in [3.05, 3.63) is 35.7 Å². The molecule has 0 unspecified atom stereocenters. The zero-order valence-corrected chi connectivity index (χ0v) is 10.8. The number of hydrogen-bond donors (Lipinski definition) is 1. The minimum atomic E-state index is 0.212. The Hall–Kier alpha value is -2.04. The molecule has 1 atom stereocenters. The molecule has 5 heteroatoms. The Morgan fingerprint density at radius 1 is 1.33 bits per heavy atom. The van der Waals surface area contributed by atoms with E-state index in [1.54, 1.807) is 14.2 Å². The Labute approximate surface area is 106 Å². The summed E-state index contributed by atoms with van der Waals surface area (Å²) in [6, 6.07) is 8.46. The highest BCUT2D eigenvalue weighted by Gasteiger charge is 2.13. The van der Waals surface area contributed by atoms with Gasteiger partial charge in [-0.15, -0.1) is 0 Å². The van der Waals surface area contributed by atoms with E-state index in [9.17, 15) is 0 Å². The molecule has 0 aliphatic heterocycles. The van der Waals surface area contributed by atoms with Gasteiger partial charge >= 0.3 is 6.01 Å². The Kier molecular flexibility index (Phi) is 3.82. The molecule has 18 heavy (non-hydrogen) atoms. The number of anilines is 1. The van der Waals surface area contributed by atoms with Gasteiger partial charge in [-0.1, -0.05) is 24.2 Å². The first kappa shape index (κ1) is 12.4. The zero-order valence-electron chi connectivity index (χ0n) is 10.8. The molecule has 0 bridgehead atoms. The van der Waals surface area contributed by atoms with Crippen molar-refractivity contribution in [1.82, 2.24) is 10.1 Å². The van der Waals surface area contributed by atoms with Crippen LogP contribution < -0.4 is 10.1 Å². The molecule has 1 N–H and O–H groups in total. The first-order chi connectivity index (χ1) is 8.72. The number of ether oxygens (including phenoxy) is 1. The monoisotopic (exact) mass is 247 g/mol. The second-order valence-corrected chi connectivity index (χ2v) is 4.16. The molecule has 1 heterocycles. The average molecular weight is 247 g/mol. The predicted octanol–water partition coefficient (Wildman–Crippen LogP) is 2.47. The molecule has 1 aromatic heterocycles. The van der Waals surface area contributed by atoms with Crippen LogP contribution in [0.15, 0.2) is 28.8 Å². The third-order valence-corrected chi connectivity index (χ3v) is 2.80. The van der Waals surface area contributed by atoms with E-state index in [4.69, 9.17) is 9.26 Å². The van der Waals surface area contributed by atoms with E-state index in [1.807, 2.05) is 24.3 Å². The third kappa shape index (κ3) is 2.80. The Morgan fingerprint density at radius 3 is 2.61 bits per heavy atom.